The molecule has 128 valence electrons. The number of amides is 1. The summed E-state index contributed by atoms with van der Waals surface area (Å²) in [6.45, 7) is 2.63. The third-order valence-corrected chi connectivity index (χ3v) is 4.75. The van der Waals surface area contributed by atoms with Crippen molar-refractivity contribution in [2.24, 2.45) is 5.92 Å². The standard InChI is InChI=1S/C15H19N3O2S.2ClH/c1-16-8-11-4-2-6-18(10-11)15(19)13-9-17-14(21-13)12-5-3-7-20-12;;/h3,5,7,9,11,16H,2,4,6,8,10H2,1H3;2*1H. The molecule has 3 rings (SSSR count). The van der Waals surface area contributed by atoms with Crippen molar-refractivity contribution in [3.8, 4) is 10.8 Å². The van der Waals surface area contributed by atoms with Crippen LogP contribution in [0.1, 0.15) is 22.5 Å². The molecule has 1 atom stereocenters. The minimum Gasteiger partial charge on any atom is -0.462 e. The summed E-state index contributed by atoms with van der Waals surface area (Å²) in [5.41, 5.74) is 0. The van der Waals surface area contributed by atoms with Gasteiger partial charge in [0.2, 0.25) is 0 Å². The SMILES string of the molecule is CNCC1CCCN(C(=O)c2cnc(-c3ccco3)s2)C1.Cl.Cl. The first-order valence-corrected chi connectivity index (χ1v) is 8.03. The molecule has 1 fully saturated rings. The Labute approximate surface area is 152 Å². The van der Waals surface area contributed by atoms with Crippen LogP contribution in [0.15, 0.2) is 29.0 Å². The molecule has 1 unspecified atom stereocenters. The molecule has 0 saturated carbocycles. The summed E-state index contributed by atoms with van der Waals surface area (Å²) in [5, 5.41) is 3.96. The van der Waals surface area contributed by atoms with Crippen molar-refractivity contribution in [1.29, 1.82) is 0 Å². The minimum atomic E-state index is 0. The number of hydrogen-bond acceptors (Lipinski definition) is 5. The van der Waals surface area contributed by atoms with Crippen LogP contribution in [0.5, 0.6) is 0 Å². The third kappa shape index (κ3) is 4.70. The molecule has 1 saturated heterocycles. The average molecular weight is 378 g/mol. The Morgan fingerprint density at radius 1 is 1.52 bits per heavy atom. The Bertz CT molecular complexity index is 602. The zero-order valence-electron chi connectivity index (χ0n) is 12.9. The van der Waals surface area contributed by atoms with E-state index in [0.717, 1.165) is 31.1 Å². The summed E-state index contributed by atoms with van der Waals surface area (Å²) in [6.07, 6.45) is 5.53. The predicted octanol–water partition coefficient (Wildman–Crippen LogP) is 3.32. The van der Waals surface area contributed by atoms with E-state index < -0.39 is 0 Å². The Balaban J connectivity index is 0.00000132. The second kappa shape index (κ2) is 9.27. The van der Waals surface area contributed by atoms with Crippen molar-refractivity contribution in [2.75, 3.05) is 26.7 Å². The van der Waals surface area contributed by atoms with Gasteiger partial charge < -0.3 is 14.6 Å². The van der Waals surface area contributed by atoms with Crippen LogP contribution in [-0.4, -0.2) is 42.5 Å². The summed E-state index contributed by atoms with van der Waals surface area (Å²) >= 11 is 1.40. The maximum absolute atomic E-state index is 12.6. The Kier molecular flexibility index (Phi) is 8.05. The van der Waals surface area contributed by atoms with Crippen LogP contribution in [0.2, 0.25) is 0 Å². The van der Waals surface area contributed by atoms with Crippen LogP contribution in [0.4, 0.5) is 0 Å². The molecule has 0 aromatic carbocycles. The number of likely N-dealkylation sites (tertiary alicyclic amines) is 1. The summed E-state index contributed by atoms with van der Waals surface area (Å²) in [7, 11) is 1.96. The monoisotopic (exact) mass is 377 g/mol. The van der Waals surface area contributed by atoms with E-state index >= 15 is 0 Å². The number of nitrogens with one attached hydrogen (secondary N) is 1. The fourth-order valence-corrected chi connectivity index (χ4v) is 3.60. The Morgan fingerprint density at radius 2 is 2.35 bits per heavy atom. The maximum atomic E-state index is 12.6. The van der Waals surface area contributed by atoms with Crippen molar-refractivity contribution in [3.63, 3.8) is 0 Å². The van der Waals surface area contributed by atoms with E-state index in [1.165, 1.54) is 17.8 Å². The quantitative estimate of drug-likeness (QED) is 0.887. The molecule has 5 nitrogen and oxygen atoms in total. The van der Waals surface area contributed by atoms with Gasteiger partial charge >= 0.3 is 0 Å². The van der Waals surface area contributed by atoms with E-state index in [1.807, 2.05) is 24.1 Å². The largest absolute Gasteiger partial charge is 0.462 e. The molecule has 23 heavy (non-hydrogen) atoms. The second-order valence-electron chi connectivity index (χ2n) is 5.32. The van der Waals surface area contributed by atoms with Crippen molar-refractivity contribution >= 4 is 42.1 Å². The summed E-state index contributed by atoms with van der Waals surface area (Å²) in [4.78, 5) is 19.5. The van der Waals surface area contributed by atoms with Crippen molar-refractivity contribution in [2.45, 2.75) is 12.8 Å². The molecule has 2 aromatic heterocycles. The van der Waals surface area contributed by atoms with E-state index in [0.29, 0.717) is 16.6 Å². The number of piperidine rings is 1. The first-order valence-electron chi connectivity index (χ1n) is 7.21. The fourth-order valence-electron chi connectivity index (χ4n) is 2.75. The zero-order valence-corrected chi connectivity index (χ0v) is 15.3. The number of furan rings is 1. The number of hydrogen-bond donors (Lipinski definition) is 1. The second-order valence-corrected chi connectivity index (χ2v) is 6.35. The number of carbonyl (C=O) groups is 1. The highest BCUT2D eigenvalue weighted by atomic mass is 35.5. The molecule has 2 aromatic rings. The lowest BCUT2D eigenvalue weighted by atomic mass is 9.98. The van der Waals surface area contributed by atoms with Crippen LogP contribution >= 0.6 is 36.2 Å². The van der Waals surface area contributed by atoms with Crippen molar-refractivity contribution in [1.82, 2.24) is 15.2 Å². The maximum Gasteiger partial charge on any atom is 0.265 e. The molecule has 8 heteroatoms. The first kappa shape index (κ1) is 20.0. The number of thiazole rings is 1. The van der Waals surface area contributed by atoms with Crippen molar-refractivity contribution < 1.29 is 9.21 Å². The smallest absolute Gasteiger partial charge is 0.265 e. The normalized spacial score (nSPS) is 17.3. The number of halogens is 2. The van der Waals surface area contributed by atoms with Gasteiger partial charge in [-0.25, -0.2) is 4.98 Å². The lowest BCUT2D eigenvalue weighted by Crippen LogP contribution is -2.42. The van der Waals surface area contributed by atoms with Crippen molar-refractivity contribution in [3.05, 3.63) is 29.5 Å². The lowest BCUT2D eigenvalue weighted by molar-refractivity contribution is 0.0679. The molecule has 1 amide bonds. The van der Waals surface area contributed by atoms with Gasteiger partial charge in [0.05, 0.1) is 12.5 Å². The van der Waals surface area contributed by atoms with Crippen LogP contribution < -0.4 is 5.32 Å². The van der Waals surface area contributed by atoms with Gasteiger partial charge in [-0.1, -0.05) is 0 Å². The van der Waals surface area contributed by atoms with Crippen LogP contribution in [-0.2, 0) is 0 Å². The average Bonchev–Trinajstić information content (AvgIpc) is 3.18. The van der Waals surface area contributed by atoms with Gasteiger partial charge in [0.1, 0.15) is 4.88 Å². The van der Waals surface area contributed by atoms with Gasteiger partial charge in [-0.15, -0.1) is 36.2 Å². The molecular weight excluding hydrogens is 357 g/mol. The summed E-state index contributed by atoms with van der Waals surface area (Å²) in [5.74, 6) is 1.35. The van der Waals surface area contributed by atoms with Crippen LogP contribution in [0.3, 0.4) is 0 Å². The van der Waals surface area contributed by atoms with Gasteiger partial charge in [-0.2, -0.15) is 0 Å². The molecule has 0 bridgehead atoms. The van der Waals surface area contributed by atoms with Gasteiger partial charge in [-0.05, 0) is 44.5 Å². The van der Waals surface area contributed by atoms with Crippen LogP contribution in [0, 0.1) is 5.92 Å². The Morgan fingerprint density at radius 3 is 3.04 bits per heavy atom. The molecule has 1 N–H and O–H groups in total. The highest BCUT2D eigenvalue weighted by Gasteiger charge is 2.25. The summed E-state index contributed by atoms with van der Waals surface area (Å²) in [6, 6.07) is 3.68. The van der Waals surface area contributed by atoms with Gasteiger partial charge in [0, 0.05) is 13.1 Å². The number of carbonyl (C=O) groups excluding carboxylic acids is 1. The van der Waals surface area contributed by atoms with E-state index in [4.69, 9.17) is 4.42 Å². The molecule has 0 radical (unpaired) electrons. The van der Waals surface area contributed by atoms with E-state index in [9.17, 15) is 4.79 Å². The van der Waals surface area contributed by atoms with E-state index in [2.05, 4.69) is 10.3 Å². The molecular formula is C15H21Cl2N3O2S. The topological polar surface area (TPSA) is 58.4 Å². The van der Waals surface area contributed by atoms with Gasteiger partial charge in [0.15, 0.2) is 10.8 Å². The summed E-state index contributed by atoms with van der Waals surface area (Å²) < 4.78 is 5.32. The van der Waals surface area contributed by atoms with Crippen LogP contribution in [0.25, 0.3) is 10.8 Å². The predicted molar refractivity (Wildman–Crippen MR) is 96.9 cm³/mol. The molecule has 1 aliphatic heterocycles. The van der Waals surface area contributed by atoms with E-state index in [-0.39, 0.29) is 30.7 Å². The molecule has 0 aliphatic carbocycles. The number of aromatic nitrogens is 1. The number of rotatable bonds is 4. The molecule has 1 aliphatic rings. The highest BCUT2D eigenvalue weighted by molar-refractivity contribution is 7.16. The highest BCUT2D eigenvalue weighted by Crippen LogP contribution is 2.27. The minimum absolute atomic E-state index is 0. The third-order valence-electron chi connectivity index (χ3n) is 3.75. The van der Waals surface area contributed by atoms with Gasteiger partial charge in [-0.3, -0.25) is 4.79 Å². The number of nitrogens with zero attached hydrogens (tertiary/aromatic N) is 2. The van der Waals surface area contributed by atoms with E-state index in [1.54, 1.807) is 12.5 Å². The zero-order chi connectivity index (χ0) is 14.7. The lowest BCUT2D eigenvalue weighted by Gasteiger charge is -2.32. The van der Waals surface area contributed by atoms with Gasteiger partial charge in [0.25, 0.3) is 5.91 Å². The fraction of sp³-hybridized carbons (Fsp3) is 0.467. The first-order chi connectivity index (χ1) is 10.3. The molecule has 0 spiro atoms. The molecule has 3 heterocycles. The Hall–Kier alpha value is -1.08.